The van der Waals surface area contributed by atoms with Crippen LogP contribution in [0, 0.1) is 29.1 Å². The van der Waals surface area contributed by atoms with E-state index in [1.54, 1.807) is 0 Å². The molecular formula is C27H44N2O2. The maximum atomic E-state index is 13.1. The standard InChI is InChI=1S/C27H44N2O2/c1-6-12-26(4,31)16-20-7-8-22-21(15-20)11-13-27(5)23(22)9-10-24(27)25(30)17-29-19(3)14-18(2)28/h7,14,21-24,31H,6,8-13,15-17,28H2,1-5H3. The highest BCUT2D eigenvalue weighted by atomic mass is 16.3. The Labute approximate surface area is 189 Å². The minimum atomic E-state index is -0.572. The Balaban J connectivity index is 1.66. The lowest BCUT2D eigenvalue weighted by Crippen LogP contribution is -2.44. The minimum Gasteiger partial charge on any atom is -0.402 e. The summed E-state index contributed by atoms with van der Waals surface area (Å²) in [5.41, 5.74) is 8.30. The quantitative estimate of drug-likeness (QED) is 0.390. The number of allylic oxidation sites excluding steroid dienone is 3. The molecule has 2 saturated carbocycles. The molecule has 0 aliphatic heterocycles. The Morgan fingerprint density at radius 2 is 2.10 bits per heavy atom. The number of hydrogen-bond acceptors (Lipinski definition) is 4. The van der Waals surface area contributed by atoms with Crippen molar-refractivity contribution >= 4 is 11.5 Å². The Morgan fingerprint density at radius 3 is 2.77 bits per heavy atom. The number of Topliss-reactive ketones (excluding diaryl/α,β-unsaturated/α-hetero) is 1. The SMILES string of the molecule is CCCC(C)(O)CC1=CCC2C(CCC3(C)C(C(=O)CN=C(C)C=C(C)N)CCC23)C1. The van der Waals surface area contributed by atoms with E-state index in [2.05, 4.69) is 24.9 Å². The van der Waals surface area contributed by atoms with Gasteiger partial charge in [-0.25, -0.2) is 0 Å². The lowest BCUT2D eigenvalue weighted by atomic mass is 9.54. The van der Waals surface area contributed by atoms with Crippen LogP contribution in [0.1, 0.15) is 92.4 Å². The van der Waals surface area contributed by atoms with Gasteiger partial charge in [0.15, 0.2) is 5.78 Å². The molecule has 3 aliphatic rings. The Hall–Kier alpha value is -1.42. The summed E-state index contributed by atoms with van der Waals surface area (Å²) in [6, 6.07) is 0. The summed E-state index contributed by atoms with van der Waals surface area (Å²) in [4.78, 5) is 17.6. The van der Waals surface area contributed by atoms with Gasteiger partial charge in [0.1, 0.15) is 0 Å². The van der Waals surface area contributed by atoms with Gasteiger partial charge in [0, 0.05) is 17.3 Å². The van der Waals surface area contributed by atoms with Gasteiger partial charge >= 0.3 is 0 Å². The van der Waals surface area contributed by atoms with Crippen molar-refractivity contribution in [2.45, 2.75) is 98.0 Å². The molecule has 2 fully saturated rings. The van der Waals surface area contributed by atoms with Gasteiger partial charge in [-0.3, -0.25) is 9.79 Å². The fourth-order valence-electron chi connectivity index (χ4n) is 7.18. The van der Waals surface area contributed by atoms with Crippen LogP contribution in [0.3, 0.4) is 0 Å². The molecule has 3 rings (SSSR count). The van der Waals surface area contributed by atoms with E-state index in [1.165, 1.54) is 18.4 Å². The summed E-state index contributed by atoms with van der Waals surface area (Å²) in [7, 11) is 0. The third kappa shape index (κ3) is 5.50. The predicted octanol–water partition coefficient (Wildman–Crippen LogP) is 5.60. The van der Waals surface area contributed by atoms with Crippen molar-refractivity contribution in [3.05, 3.63) is 23.4 Å². The average Bonchev–Trinajstić information content (AvgIpc) is 3.02. The van der Waals surface area contributed by atoms with Gasteiger partial charge in [-0.1, -0.05) is 31.9 Å². The highest BCUT2D eigenvalue weighted by molar-refractivity contribution is 5.95. The summed E-state index contributed by atoms with van der Waals surface area (Å²) >= 11 is 0. The van der Waals surface area contributed by atoms with E-state index >= 15 is 0 Å². The van der Waals surface area contributed by atoms with Crippen LogP contribution in [-0.4, -0.2) is 28.7 Å². The highest BCUT2D eigenvalue weighted by Crippen LogP contribution is 2.61. The molecule has 0 bridgehead atoms. The first-order valence-electron chi connectivity index (χ1n) is 12.4. The van der Waals surface area contributed by atoms with E-state index in [4.69, 9.17) is 5.73 Å². The Morgan fingerprint density at radius 1 is 1.35 bits per heavy atom. The number of hydrogen-bond donors (Lipinski definition) is 2. The molecule has 6 atom stereocenters. The van der Waals surface area contributed by atoms with Crippen LogP contribution in [-0.2, 0) is 4.79 Å². The smallest absolute Gasteiger partial charge is 0.157 e. The molecule has 0 radical (unpaired) electrons. The molecule has 6 unspecified atom stereocenters. The first-order valence-corrected chi connectivity index (χ1v) is 12.4. The number of ketones is 1. The summed E-state index contributed by atoms with van der Waals surface area (Å²) in [6.45, 7) is 10.6. The first kappa shape index (κ1) is 24.2. The molecule has 0 saturated heterocycles. The largest absolute Gasteiger partial charge is 0.402 e. The fraction of sp³-hybridized carbons (Fsp3) is 0.778. The van der Waals surface area contributed by atoms with Crippen molar-refractivity contribution in [1.29, 1.82) is 0 Å². The van der Waals surface area contributed by atoms with Crippen molar-refractivity contribution in [1.82, 2.24) is 0 Å². The highest BCUT2D eigenvalue weighted by Gasteiger charge is 2.55. The number of aliphatic imine (C=N–C) groups is 1. The molecule has 4 nitrogen and oxygen atoms in total. The van der Waals surface area contributed by atoms with Gasteiger partial charge in [-0.2, -0.15) is 0 Å². The number of carbonyl (C=O) groups is 1. The van der Waals surface area contributed by atoms with Crippen molar-refractivity contribution in [2.24, 2.45) is 39.8 Å². The topological polar surface area (TPSA) is 75.7 Å². The molecule has 0 aromatic carbocycles. The second kappa shape index (κ2) is 9.60. The first-order chi connectivity index (χ1) is 14.6. The van der Waals surface area contributed by atoms with Crippen LogP contribution in [0.5, 0.6) is 0 Å². The number of rotatable bonds is 8. The number of carbonyl (C=O) groups excluding carboxylic acids is 1. The number of nitrogens with zero attached hydrogens (tertiary/aromatic N) is 1. The Bertz CT molecular complexity index is 759. The molecule has 4 heteroatoms. The average molecular weight is 429 g/mol. The summed E-state index contributed by atoms with van der Waals surface area (Å²) in [5.74, 6) is 2.53. The monoisotopic (exact) mass is 428 g/mol. The molecule has 3 N–H and O–H groups in total. The van der Waals surface area contributed by atoms with Gasteiger partial charge in [0.25, 0.3) is 0 Å². The molecular weight excluding hydrogens is 384 g/mol. The third-order valence-electron chi connectivity index (χ3n) is 8.49. The van der Waals surface area contributed by atoms with E-state index in [9.17, 15) is 9.90 Å². The van der Waals surface area contributed by atoms with Crippen LogP contribution in [0.2, 0.25) is 0 Å². The van der Waals surface area contributed by atoms with Gasteiger partial charge in [-0.15, -0.1) is 0 Å². The molecule has 0 aromatic rings. The fourth-order valence-corrected chi connectivity index (χ4v) is 7.18. The van der Waals surface area contributed by atoms with Crippen molar-refractivity contribution in [3.8, 4) is 0 Å². The van der Waals surface area contributed by atoms with Crippen molar-refractivity contribution in [3.63, 3.8) is 0 Å². The molecule has 174 valence electrons. The molecule has 3 aliphatic carbocycles. The van der Waals surface area contributed by atoms with Gasteiger partial charge < -0.3 is 10.8 Å². The number of nitrogens with two attached hydrogens (primary N) is 1. The van der Waals surface area contributed by atoms with Crippen molar-refractivity contribution < 1.29 is 9.90 Å². The van der Waals surface area contributed by atoms with Gasteiger partial charge in [0.05, 0.1) is 12.1 Å². The van der Waals surface area contributed by atoms with E-state index in [-0.39, 0.29) is 17.9 Å². The second-order valence-corrected chi connectivity index (χ2v) is 11.2. The number of aliphatic hydroxyl groups is 1. The van der Waals surface area contributed by atoms with E-state index < -0.39 is 5.60 Å². The second-order valence-electron chi connectivity index (χ2n) is 11.2. The summed E-state index contributed by atoms with van der Waals surface area (Å²) in [5, 5.41) is 10.7. The summed E-state index contributed by atoms with van der Waals surface area (Å²) < 4.78 is 0. The predicted molar refractivity (Wildman–Crippen MR) is 129 cm³/mol. The van der Waals surface area contributed by atoms with Crippen LogP contribution >= 0.6 is 0 Å². The van der Waals surface area contributed by atoms with E-state index in [0.717, 1.165) is 62.3 Å². The zero-order chi connectivity index (χ0) is 22.8. The van der Waals surface area contributed by atoms with Crippen LogP contribution in [0.15, 0.2) is 28.4 Å². The summed E-state index contributed by atoms with van der Waals surface area (Å²) in [6.07, 6.45) is 13.8. The van der Waals surface area contributed by atoms with Crippen molar-refractivity contribution in [2.75, 3.05) is 6.54 Å². The van der Waals surface area contributed by atoms with Gasteiger partial charge in [0.2, 0.25) is 0 Å². The number of fused-ring (bicyclic) bond motifs is 3. The lowest BCUT2D eigenvalue weighted by Gasteiger charge is -2.50. The lowest BCUT2D eigenvalue weighted by molar-refractivity contribution is -0.127. The van der Waals surface area contributed by atoms with Gasteiger partial charge in [-0.05, 0) is 101 Å². The maximum absolute atomic E-state index is 13.1. The molecule has 31 heavy (non-hydrogen) atoms. The van der Waals surface area contributed by atoms with E-state index in [0.29, 0.717) is 17.6 Å². The zero-order valence-electron chi connectivity index (χ0n) is 20.4. The van der Waals surface area contributed by atoms with Crippen LogP contribution in [0.4, 0.5) is 0 Å². The molecule has 0 spiro atoms. The van der Waals surface area contributed by atoms with Crippen LogP contribution < -0.4 is 5.73 Å². The third-order valence-corrected chi connectivity index (χ3v) is 8.49. The van der Waals surface area contributed by atoms with E-state index in [1.807, 2.05) is 26.8 Å². The maximum Gasteiger partial charge on any atom is 0.157 e. The molecule has 0 aromatic heterocycles. The Kier molecular flexibility index (Phi) is 7.50. The minimum absolute atomic E-state index is 0.125. The van der Waals surface area contributed by atoms with Crippen LogP contribution in [0.25, 0.3) is 0 Å². The molecule has 0 heterocycles. The molecule has 0 amide bonds. The zero-order valence-corrected chi connectivity index (χ0v) is 20.4. The normalized spacial score (nSPS) is 35.7.